The van der Waals surface area contributed by atoms with Gasteiger partial charge in [0.1, 0.15) is 12.1 Å². The smallest absolute Gasteiger partial charge is 0.320 e. The Morgan fingerprint density at radius 1 is 1.13 bits per heavy atom. The zero-order valence-electron chi connectivity index (χ0n) is 17.1. The zero-order chi connectivity index (χ0) is 22.3. The Morgan fingerprint density at radius 2 is 1.83 bits per heavy atom. The second-order valence-corrected chi connectivity index (χ2v) is 9.70. The largest absolute Gasteiger partial charge is 0.480 e. The molecule has 0 spiro atoms. The third kappa shape index (κ3) is 6.96. The van der Waals surface area contributed by atoms with E-state index in [2.05, 4.69) is 10.3 Å². The molecule has 11 heteroatoms. The summed E-state index contributed by atoms with van der Waals surface area (Å²) in [5.41, 5.74) is 10.6. The van der Waals surface area contributed by atoms with Crippen molar-refractivity contribution in [3.8, 4) is 0 Å². The number of nitrogens with two attached hydrogens (primary N) is 2. The summed E-state index contributed by atoms with van der Waals surface area (Å²) in [7, 11) is 0. The number of carboxylic acids is 1. The highest BCUT2D eigenvalue weighted by molar-refractivity contribution is 8.00. The fourth-order valence-electron chi connectivity index (χ4n) is 4.43. The molecule has 2 aliphatic rings. The first-order valence-electron chi connectivity index (χ1n) is 10.6. The third-order valence-electron chi connectivity index (χ3n) is 6.04. The molecular formula is C19H36N4O6S. The van der Waals surface area contributed by atoms with Crippen molar-refractivity contribution in [3.63, 3.8) is 0 Å². The monoisotopic (exact) mass is 448 g/mol. The van der Waals surface area contributed by atoms with Crippen molar-refractivity contribution in [1.29, 1.82) is 0 Å². The summed E-state index contributed by atoms with van der Waals surface area (Å²) >= 11 is 1.32. The van der Waals surface area contributed by atoms with E-state index in [4.69, 9.17) is 11.5 Å². The first-order chi connectivity index (χ1) is 14.2. The van der Waals surface area contributed by atoms with Crippen LogP contribution in [0, 0.1) is 5.92 Å². The molecule has 0 bridgehead atoms. The number of rotatable bonds is 9. The number of guanidine groups is 1. The molecule has 8 atom stereocenters. The Balaban J connectivity index is 2.00. The van der Waals surface area contributed by atoms with Crippen LogP contribution in [0.15, 0.2) is 4.99 Å². The van der Waals surface area contributed by atoms with Crippen molar-refractivity contribution in [3.05, 3.63) is 0 Å². The second-order valence-electron chi connectivity index (χ2n) is 8.28. The number of aliphatic carboxylic acids is 1. The van der Waals surface area contributed by atoms with E-state index in [0.717, 1.165) is 25.7 Å². The van der Waals surface area contributed by atoms with E-state index >= 15 is 0 Å². The number of carboxylic acid groups (broad SMARTS) is 1. The Labute approximate surface area is 181 Å². The molecule has 0 amide bonds. The summed E-state index contributed by atoms with van der Waals surface area (Å²) in [4.78, 5) is 15.6. The molecule has 0 aromatic rings. The van der Waals surface area contributed by atoms with Gasteiger partial charge < -0.3 is 42.3 Å². The van der Waals surface area contributed by atoms with Crippen LogP contribution in [0.5, 0.6) is 0 Å². The van der Waals surface area contributed by atoms with E-state index in [1.165, 1.54) is 11.8 Å². The highest BCUT2D eigenvalue weighted by Crippen LogP contribution is 2.41. The molecule has 174 valence electrons. The van der Waals surface area contributed by atoms with Gasteiger partial charge in [-0.2, -0.15) is 0 Å². The minimum atomic E-state index is -1.30. The van der Waals surface area contributed by atoms with Crippen LogP contribution in [0.3, 0.4) is 0 Å². The van der Waals surface area contributed by atoms with Gasteiger partial charge in [-0.15, -0.1) is 11.8 Å². The molecular weight excluding hydrogens is 412 g/mol. The van der Waals surface area contributed by atoms with Gasteiger partial charge in [-0.25, -0.2) is 0 Å². The molecule has 1 aliphatic carbocycles. The van der Waals surface area contributed by atoms with Crippen LogP contribution < -0.4 is 16.8 Å². The molecule has 0 radical (unpaired) electrons. The molecule has 10 N–H and O–H groups in total. The third-order valence-corrected chi connectivity index (χ3v) is 7.79. The molecule has 2 rings (SSSR count). The fraction of sp³-hybridized carbons (Fsp3) is 0.895. The first-order valence-corrected chi connectivity index (χ1v) is 11.5. The maximum Gasteiger partial charge on any atom is 0.320 e. The van der Waals surface area contributed by atoms with Gasteiger partial charge in [-0.1, -0.05) is 12.8 Å². The lowest BCUT2D eigenvalue weighted by Gasteiger charge is -2.43. The van der Waals surface area contributed by atoms with Crippen LogP contribution in [-0.2, 0) is 4.79 Å². The molecule has 2 unspecified atom stereocenters. The number of thioether (sulfide) groups is 1. The van der Waals surface area contributed by atoms with E-state index in [1.807, 2.05) is 0 Å². The van der Waals surface area contributed by atoms with Gasteiger partial charge in [0.2, 0.25) is 0 Å². The van der Waals surface area contributed by atoms with Crippen LogP contribution in [0.2, 0.25) is 0 Å². The lowest BCUT2D eigenvalue weighted by molar-refractivity contribution is -0.140. The second kappa shape index (κ2) is 12.1. The van der Waals surface area contributed by atoms with Crippen LogP contribution in [0.25, 0.3) is 0 Å². The van der Waals surface area contributed by atoms with Crippen molar-refractivity contribution in [2.45, 2.75) is 85.8 Å². The van der Waals surface area contributed by atoms with Crippen LogP contribution in [0.1, 0.15) is 44.9 Å². The number of nitrogens with zero attached hydrogens (tertiary/aromatic N) is 1. The van der Waals surface area contributed by atoms with Gasteiger partial charge in [0.15, 0.2) is 5.96 Å². The number of nitrogens with one attached hydrogen (secondary N) is 1. The van der Waals surface area contributed by atoms with Crippen LogP contribution in [0.4, 0.5) is 0 Å². The first kappa shape index (κ1) is 25.2. The number of aliphatic imine (C=N–C) groups is 1. The molecule has 1 saturated heterocycles. The summed E-state index contributed by atoms with van der Waals surface area (Å²) in [6.07, 6.45) is 1.58. The normalized spacial score (nSPS) is 35.9. The fourth-order valence-corrected chi connectivity index (χ4v) is 6.04. The molecule has 30 heavy (non-hydrogen) atoms. The maximum atomic E-state index is 11.7. The molecule has 10 nitrogen and oxygen atoms in total. The summed E-state index contributed by atoms with van der Waals surface area (Å²) in [6.45, 7) is 0.0894. The summed E-state index contributed by atoms with van der Waals surface area (Å²) in [5, 5.41) is 52.3. The summed E-state index contributed by atoms with van der Waals surface area (Å²) in [6, 6.07) is -0.754. The predicted octanol–water partition coefficient (Wildman–Crippen LogP) is -1.41. The Kier molecular flexibility index (Phi) is 10.1. The SMILES string of the molecule is NC(N)=NCCC[C@H](NC1CCCCC([C@@H]2S[C@H](CO)[C@H](O)[C@H](O)[C@H]2O)C1)C(=O)O. The molecule has 1 aliphatic heterocycles. The van der Waals surface area contributed by atoms with Crippen molar-refractivity contribution >= 4 is 23.7 Å². The summed E-state index contributed by atoms with van der Waals surface area (Å²) < 4.78 is 0. The highest BCUT2D eigenvalue weighted by Gasteiger charge is 2.46. The average Bonchev–Trinajstić information content (AvgIpc) is 2.94. The van der Waals surface area contributed by atoms with Crippen LogP contribution >= 0.6 is 11.8 Å². The number of hydrogen-bond donors (Lipinski definition) is 8. The molecule has 1 saturated carbocycles. The van der Waals surface area contributed by atoms with Gasteiger partial charge in [0.05, 0.1) is 24.1 Å². The standard InChI is InChI=1S/C19H36N4O6S/c20-19(21)22-7-3-6-12(18(28)29)23-11-5-2-1-4-10(8-11)17-16(27)15(26)14(25)13(9-24)30-17/h10-17,23-27H,1-9H2,(H,28,29)(H4,20,21,22)/t10?,11?,12-,13+,14-,15-,16+,17-/m0/s1. The van der Waals surface area contributed by atoms with E-state index in [-0.39, 0.29) is 29.8 Å². The van der Waals surface area contributed by atoms with Gasteiger partial charge >= 0.3 is 5.97 Å². The highest BCUT2D eigenvalue weighted by atomic mass is 32.2. The lowest BCUT2D eigenvalue weighted by Crippen LogP contribution is -2.56. The maximum absolute atomic E-state index is 11.7. The minimum Gasteiger partial charge on any atom is -0.480 e. The number of aliphatic hydroxyl groups excluding tert-OH is 4. The van der Waals surface area contributed by atoms with Gasteiger partial charge in [-0.3, -0.25) is 9.79 Å². The van der Waals surface area contributed by atoms with Crippen molar-refractivity contribution < 1.29 is 30.3 Å². The van der Waals surface area contributed by atoms with Crippen molar-refractivity contribution in [2.24, 2.45) is 22.4 Å². The van der Waals surface area contributed by atoms with Crippen LogP contribution in [-0.4, -0.2) is 91.5 Å². The van der Waals surface area contributed by atoms with Crippen molar-refractivity contribution in [1.82, 2.24) is 5.32 Å². The van der Waals surface area contributed by atoms with Gasteiger partial charge in [0.25, 0.3) is 0 Å². The topological polar surface area (TPSA) is 195 Å². The number of aliphatic hydroxyl groups is 4. The molecule has 0 aromatic carbocycles. The lowest BCUT2D eigenvalue weighted by atomic mass is 9.87. The van der Waals surface area contributed by atoms with Gasteiger partial charge in [0, 0.05) is 17.8 Å². The molecule has 2 fully saturated rings. The quantitative estimate of drug-likeness (QED) is 0.0898. The zero-order valence-corrected chi connectivity index (χ0v) is 18.0. The molecule has 1 heterocycles. The Bertz CT molecular complexity index is 577. The Morgan fingerprint density at radius 3 is 2.47 bits per heavy atom. The van der Waals surface area contributed by atoms with E-state index < -0.39 is 35.6 Å². The van der Waals surface area contributed by atoms with Crippen molar-refractivity contribution in [2.75, 3.05) is 13.2 Å². The van der Waals surface area contributed by atoms with E-state index in [1.54, 1.807) is 0 Å². The van der Waals surface area contributed by atoms with Gasteiger partial charge in [-0.05, 0) is 38.0 Å². The van der Waals surface area contributed by atoms with E-state index in [9.17, 15) is 30.3 Å². The average molecular weight is 449 g/mol. The minimum absolute atomic E-state index is 0.0153. The molecule has 0 aromatic heterocycles. The summed E-state index contributed by atoms with van der Waals surface area (Å²) in [5.74, 6) is -0.901. The number of carbonyl (C=O) groups is 1. The predicted molar refractivity (Wildman–Crippen MR) is 115 cm³/mol. The Hall–Kier alpha value is -1.11. The van der Waals surface area contributed by atoms with E-state index in [0.29, 0.717) is 25.8 Å². The number of hydrogen-bond acceptors (Lipinski definition) is 8.